The van der Waals surface area contributed by atoms with E-state index in [1.165, 1.54) is 12.8 Å². The first-order valence-electron chi connectivity index (χ1n) is 7.05. The zero-order chi connectivity index (χ0) is 14.8. The molecule has 7 heteroatoms. The molecule has 0 aromatic carbocycles. The first kappa shape index (κ1) is 15.5. The molecule has 0 bridgehead atoms. The minimum Gasteiger partial charge on any atom is -0.360 e. The Balaban J connectivity index is 1.90. The van der Waals surface area contributed by atoms with Crippen molar-refractivity contribution in [3.05, 3.63) is 11.5 Å². The Morgan fingerprint density at radius 2 is 2.20 bits per heavy atom. The summed E-state index contributed by atoms with van der Waals surface area (Å²) in [5, 5.41) is 3.69. The van der Waals surface area contributed by atoms with Crippen LogP contribution in [0.3, 0.4) is 0 Å². The topological polar surface area (TPSA) is 75.4 Å². The molecule has 0 unspecified atom stereocenters. The molecule has 1 aliphatic rings. The highest BCUT2D eigenvalue weighted by atomic mass is 32.2. The van der Waals surface area contributed by atoms with Gasteiger partial charge in [-0.05, 0) is 39.2 Å². The van der Waals surface area contributed by atoms with Gasteiger partial charge in [0.2, 0.25) is 10.0 Å². The summed E-state index contributed by atoms with van der Waals surface area (Å²) in [5.74, 6) is 1.03. The van der Waals surface area contributed by atoms with Crippen molar-refractivity contribution in [3.8, 4) is 0 Å². The van der Waals surface area contributed by atoms with Crippen LogP contribution in [0.25, 0.3) is 0 Å². The number of sulfonamides is 1. The molecule has 1 N–H and O–H groups in total. The molecule has 1 fully saturated rings. The molecule has 2 heterocycles. The number of nitrogens with one attached hydrogen (secondary N) is 1. The quantitative estimate of drug-likeness (QED) is 0.887. The third-order valence-electron chi connectivity index (χ3n) is 3.70. The highest BCUT2D eigenvalue weighted by molar-refractivity contribution is 7.89. The van der Waals surface area contributed by atoms with Crippen LogP contribution < -0.4 is 4.72 Å². The molecular formula is C13H23N3O3S. The summed E-state index contributed by atoms with van der Waals surface area (Å²) >= 11 is 0. The van der Waals surface area contributed by atoms with Crippen LogP contribution in [0, 0.1) is 19.8 Å². The number of aryl methyl sites for hydroxylation is 2. The Bertz CT molecular complexity index is 534. The number of aromatic nitrogens is 1. The lowest BCUT2D eigenvalue weighted by molar-refractivity contribution is 0.187. The summed E-state index contributed by atoms with van der Waals surface area (Å²) in [7, 11) is -3.53. The predicted molar refractivity (Wildman–Crippen MR) is 76.0 cm³/mol. The lowest BCUT2D eigenvalue weighted by Crippen LogP contribution is -2.40. The van der Waals surface area contributed by atoms with Crippen LogP contribution >= 0.6 is 0 Å². The molecule has 0 saturated carbocycles. The summed E-state index contributed by atoms with van der Waals surface area (Å²) in [6.45, 7) is 8.74. The van der Waals surface area contributed by atoms with E-state index >= 15 is 0 Å². The molecule has 6 nitrogen and oxygen atoms in total. The number of hydrogen-bond donors (Lipinski definition) is 1. The zero-order valence-electron chi connectivity index (χ0n) is 12.3. The molecule has 1 atom stereocenters. The van der Waals surface area contributed by atoms with Crippen LogP contribution in [0.2, 0.25) is 0 Å². The molecule has 1 aromatic heterocycles. The van der Waals surface area contributed by atoms with Crippen molar-refractivity contribution in [3.63, 3.8) is 0 Å². The minimum atomic E-state index is -3.53. The predicted octanol–water partition coefficient (Wildman–Crippen LogP) is 1.30. The number of piperidine rings is 1. The second-order valence-electron chi connectivity index (χ2n) is 5.60. The van der Waals surface area contributed by atoms with Crippen molar-refractivity contribution >= 4 is 10.0 Å². The van der Waals surface area contributed by atoms with E-state index in [1.807, 2.05) is 0 Å². The van der Waals surface area contributed by atoms with Crippen LogP contribution in [0.1, 0.15) is 31.2 Å². The van der Waals surface area contributed by atoms with E-state index < -0.39 is 10.0 Å². The van der Waals surface area contributed by atoms with Crippen LogP contribution in [-0.4, -0.2) is 44.7 Å². The summed E-state index contributed by atoms with van der Waals surface area (Å²) in [5.41, 5.74) is 0.404. The normalized spacial score (nSPS) is 21.2. The van der Waals surface area contributed by atoms with Crippen molar-refractivity contribution < 1.29 is 12.9 Å². The summed E-state index contributed by atoms with van der Waals surface area (Å²) in [6, 6.07) is 0. The molecule has 1 aromatic rings. The molecule has 0 radical (unpaired) electrons. The van der Waals surface area contributed by atoms with Gasteiger partial charge in [-0.15, -0.1) is 0 Å². The number of rotatable bonds is 5. The van der Waals surface area contributed by atoms with Crippen molar-refractivity contribution in [1.82, 2.24) is 14.8 Å². The first-order chi connectivity index (χ1) is 9.40. The largest absolute Gasteiger partial charge is 0.360 e. The summed E-state index contributed by atoms with van der Waals surface area (Å²) < 4.78 is 32.0. The first-order valence-corrected chi connectivity index (χ1v) is 8.53. The Morgan fingerprint density at radius 3 is 2.80 bits per heavy atom. The summed E-state index contributed by atoms with van der Waals surface area (Å²) in [4.78, 5) is 2.48. The van der Waals surface area contributed by atoms with Gasteiger partial charge in [0.25, 0.3) is 0 Å². The standard InChI is InChI=1S/C13H23N3O3S/c1-10-5-4-7-16(9-10)8-6-14-20(17,18)13-11(2)15-19-12(13)3/h10,14H,4-9H2,1-3H3/t10-/m1/s1. The van der Waals surface area contributed by atoms with Gasteiger partial charge in [-0.3, -0.25) is 0 Å². The molecule has 1 saturated heterocycles. The number of hydrogen-bond acceptors (Lipinski definition) is 5. The van der Waals surface area contributed by atoms with E-state index in [1.54, 1.807) is 13.8 Å². The maximum atomic E-state index is 12.2. The molecule has 2 rings (SSSR count). The Kier molecular flexibility index (Phi) is 4.82. The van der Waals surface area contributed by atoms with Gasteiger partial charge in [0.05, 0.1) is 0 Å². The SMILES string of the molecule is Cc1noc(C)c1S(=O)(=O)NCCN1CCC[C@@H](C)C1. The maximum absolute atomic E-state index is 12.2. The average Bonchev–Trinajstić information content (AvgIpc) is 2.69. The Morgan fingerprint density at radius 1 is 1.45 bits per heavy atom. The van der Waals surface area contributed by atoms with Gasteiger partial charge in [0.15, 0.2) is 5.76 Å². The molecule has 0 amide bonds. The van der Waals surface area contributed by atoms with E-state index in [-0.39, 0.29) is 4.90 Å². The maximum Gasteiger partial charge on any atom is 0.246 e. The second kappa shape index (κ2) is 6.24. The molecule has 0 aliphatic carbocycles. The molecular weight excluding hydrogens is 278 g/mol. The van der Waals surface area contributed by atoms with Crippen LogP contribution in [-0.2, 0) is 10.0 Å². The van der Waals surface area contributed by atoms with E-state index in [0.29, 0.717) is 23.9 Å². The van der Waals surface area contributed by atoms with Gasteiger partial charge in [-0.25, -0.2) is 13.1 Å². The van der Waals surface area contributed by atoms with E-state index in [9.17, 15) is 8.42 Å². The van der Waals surface area contributed by atoms with Gasteiger partial charge in [0, 0.05) is 19.6 Å². The van der Waals surface area contributed by atoms with Crippen molar-refractivity contribution in [1.29, 1.82) is 0 Å². The fourth-order valence-corrected chi connectivity index (χ4v) is 4.10. The average molecular weight is 301 g/mol. The van der Waals surface area contributed by atoms with Gasteiger partial charge in [0.1, 0.15) is 10.6 Å². The van der Waals surface area contributed by atoms with Crippen LogP contribution in [0.5, 0.6) is 0 Å². The lowest BCUT2D eigenvalue weighted by atomic mass is 10.0. The summed E-state index contributed by atoms with van der Waals surface area (Å²) in [6.07, 6.45) is 2.46. The minimum absolute atomic E-state index is 0.171. The van der Waals surface area contributed by atoms with E-state index in [2.05, 4.69) is 21.7 Å². The molecule has 114 valence electrons. The Hall–Kier alpha value is -0.920. The van der Waals surface area contributed by atoms with Gasteiger partial charge in [-0.2, -0.15) is 0 Å². The highest BCUT2D eigenvalue weighted by Crippen LogP contribution is 2.18. The van der Waals surface area contributed by atoms with Crippen molar-refractivity contribution in [2.45, 2.75) is 38.5 Å². The van der Waals surface area contributed by atoms with E-state index in [0.717, 1.165) is 19.6 Å². The van der Waals surface area contributed by atoms with Crippen molar-refractivity contribution in [2.75, 3.05) is 26.2 Å². The third-order valence-corrected chi connectivity index (χ3v) is 5.40. The monoisotopic (exact) mass is 301 g/mol. The zero-order valence-corrected chi connectivity index (χ0v) is 13.2. The van der Waals surface area contributed by atoms with Crippen molar-refractivity contribution in [2.24, 2.45) is 5.92 Å². The molecule has 0 spiro atoms. The number of nitrogens with zero attached hydrogens (tertiary/aromatic N) is 2. The molecule has 20 heavy (non-hydrogen) atoms. The van der Waals surface area contributed by atoms with Crippen LogP contribution in [0.4, 0.5) is 0 Å². The van der Waals surface area contributed by atoms with E-state index in [4.69, 9.17) is 4.52 Å². The van der Waals surface area contributed by atoms with Crippen LogP contribution in [0.15, 0.2) is 9.42 Å². The van der Waals surface area contributed by atoms with Gasteiger partial charge < -0.3 is 9.42 Å². The Labute approximate surface area is 120 Å². The third kappa shape index (κ3) is 3.59. The molecule has 1 aliphatic heterocycles. The second-order valence-corrected chi connectivity index (χ2v) is 7.30. The fraction of sp³-hybridized carbons (Fsp3) is 0.769. The smallest absolute Gasteiger partial charge is 0.246 e. The highest BCUT2D eigenvalue weighted by Gasteiger charge is 2.24. The number of likely N-dealkylation sites (tertiary alicyclic amines) is 1. The lowest BCUT2D eigenvalue weighted by Gasteiger charge is -2.30. The van der Waals surface area contributed by atoms with Gasteiger partial charge in [-0.1, -0.05) is 12.1 Å². The fourth-order valence-electron chi connectivity index (χ4n) is 2.76. The van der Waals surface area contributed by atoms with Gasteiger partial charge >= 0.3 is 0 Å².